The van der Waals surface area contributed by atoms with Gasteiger partial charge >= 0.3 is 0 Å². The summed E-state index contributed by atoms with van der Waals surface area (Å²) in [5, 5.41) is 4.17. The molecule has 0 saturated heterocycles. The standard InChI is InChI=1S/C10H19N3/c1-8(2)12(4)9(3)10-6-7-11-13(10)5/h6-9H,1-5H3. The zero-order valence-electron chi connectivity index (χ0n) is 9.15. The van der Waals surface area contributed by atoms with Crippen molar-refractivity contribution in [3.63, 3.8) is 0 Å². The zero-order valence-corrected chi connectivity index (χ0v) is 9.15. The summed E-state index contributed by atoms with van der Waals surface area (Å²) in [6, 6.07) is 3.06. The molecular weight excluding hydrogens is 162 g/mol. The van der Waals surface area contributed by atoms with Gasteiger partial charge in [-0.05, 0) is 33.9 Å². The molecule has 74 valence electrons. The first-order valence-electron chi connectivity index (χ1n) is 4.74. The van der Waals surface area contributed by atoms with Crippen molar-refractivity contribution in [1.82, 2.24) is 14.7 Å². The van der Waals surface area contributed by atoms with Gasteiger partial charge in [0, 0.05) is 25.3 Å². The van der Waals surface area contributed by atoms with E-state index in [2.05, 4.69) is 43.9 Å². The summed E-state index contributed by atoms with van der Waals surface area (Å²) in [6.07, 6.45) is 1.85. The summed E-state index contributed by atoms with van der Waals surface area (Å²) in [5.74, 6) is 0. The van der Waals surface area contributed by atoms with Crippen LogP contribution < -0.4 is 0 Å². The summed E-state index contributed by atoms with van der Waals surface area (Å²) in [5.41, 5.74) is 1.26. The molecule has 0 bridgehead atoms. The van der Waals surface area contributed by atoms with Gasteiger partial charge in [0.1, 0.15) is 0 Å². The van der Waals surface area contributed by atoms with Gasteiger partial charge < -0.3 is 0 Å². The predicted molar refractivity (Wildman–Crippen MR) is 54.5 cm³/mol. The van der Waals surface area contributed by atoms with Gasteiger partial charge in [-0.25, -0.2) is 0 Å². The number of hydrogen-bond donors (Lipinski definition) is 0. The number of nitrogens with zero attached hydrogens (tertiary/aromatic N) is 3. The normalized spacial score (nSPS) is 14.1. The zero-order chi connectivity index (χ0) is 10.0. The van der Waals surface area contributed by atoms with Crippen molar-refractivity contribution >= 4 is 0 Å². The Hall–Kier alpha value is -0.830. The van der Waals surface area contributed by atoms with Crippen LogP contribution in [0.25, 0.3) is 0 Å². The lowest BCUT2D eigenvalue weighted by Crippen LogP contribution is -2.30. The SMILES string of the molecule is CC(C)N(C)C(C)c1ccnn1C. The van der Waals surface area contributed by atoms with E-state index >= 15 is 0 Å². The smallest absolute Gasteiger partial charge is 0.0549 e. The molecule has 1 aromatic heterocycles. The molecule has 0 aliphatic heterocycles. The molecule has 0 aliphatic carbocycles. The first kappa shape index (κ1) is 10.3. The van der Waals surface area contributed by atoms with Crippen LogP contribution in [-0.2, 0) is 7.05 Å². The largest absolute Gasteiger partial charge is 0.296 e. The Labute approximate surface area is 80.4 Å². The minimum Gasteiger partial charge on any atom is -0.296 e. The molecule has 0 N–H and O–H groups in total. The van der Waals surface area contributed by atoms with Gasteiger partial charge in [0.25, 0.3) is 0 Å². The highest BCUT2D eigenvalue weighted by molar-refractivity contribution is 5.05. The van der Waals surface area contributed by atoms with Crippen molar-refractivity contribution in [2.45, 2.75) is 32.9 Å². The lowest BCUT2D eigenvalue weighted by atomic mass is 10.2. The van der Waals surface area contributed by atoms with Gasteiger partial charge in [-0.1, -0.05) is 0 Å². The van der Waals surface area contributed by atoms with E-state index in [-0.39, 0.29) is 0 Å². The van der Waals surface area contributed by atoms with Gasteiger partial charge in [-0.2, -0.15) is 5.10 Å². The fourth-order valence-corrected chi connectivity index (χ4v) is 1.45. The second kappa shape index (κ2) is 3.92. The Kier molecular flexibility index (Phi) is 3.09. The highest BCUT2D eigenvalue weighted by Crippen LogP contribution is 2.19. The lowest BCUT2D eigenvalue weighted by Gasteiger charge is -2.28. The Balaban J connectivity index is 2.79. The third-order valence-electron chi connectivity index (χ3n) is 2.71. The van der Waals surface area contributed by atoms with E-state index in [4.69, 9.17) is 0 Å². The summed E-state index contributed by atoms with van der Waals surface area (Å²) in [7, 11) is 4.13. The third-order valence-corrected chi connectivity index (χ3v) is 2.71. The van der Waals surface area contributed by atoms with Crippen LogP contribution in [-0.4, -0.2) is 27.8 Å². The van der Waals surface area contributed by atoms with Gasteiger partial charge in [-0.3, -0.25) is 9.58 Å². The molecule has 1 rings (SSSR count). The second-order valence-electron chi connectivity index (χ2n) is 3.81. The van der Waals surface area contributed by atoms with E-state index in [0.717, 1.165) is 0 Å². The molecule has 0 aromatic carbocycles. The molecule has 3 nitrogen and oxygen atoms in total. The molecular formula is C10H19N3. The van der Waals surface area contributed by atoms with Crippen LogP contribution in [0.1, 0.15) is 32.5 Å². The quantitative estimate of drug-likeness (QED) is 0.709. The molecule has 13 heavy (non-hydrogen) atoms. The van der Waals surface area contributed by atoms with Crippen LogP contribution in [0, 0.1) is 0 Å². The second-order valence-corrected chi connectivity index (χ2v) is 3.81. The van der Waals surface area contributed by atoms with E-state index in [1.165, 1.54) is 5.69 Å². The number of rotatable bonds is 3. The molecule has 0 saturated carbocycles. The monoisotopic (exact) mass is 181 g/mol. The fraction of sp³-hybridized carbons (Fsp3) is 0.700. The Bertz CT molecular complexity index is 265. The van der Waals surface area contributed by atoms with Crippen LogP contribution in [0.15, 0.2) is 12.3 Å². The van der Waals surface area contributed by atoms with Crippen molar-refractivity contribution in [3.05, 3.63) is 18.0 Å². The molecule has 0 spiro atoms. The summed E-state index contributed by atoms with van der Waals surface area (Å²) >= 11 is 0. The minimum atomic E-state index is 0.424. The maximum absolute atomic E-state index is 4.17. The van der Waals surface area contributed by atoms with Crippen molar-refractivity contribution in [2.75, 3.05) is 7.05 Å². The molecule has 0 aliphatic rings. The molecule has 3 heteroatoms. The Morgan fingerprint density at radius 1 is 1.38 bits per heavy atom. The minimum absolute atomic E-state index is 0.424. The van der Waals surface area contributed by atoms with Gasteiger partial charge in [0.2, 0.25) is 0 Å². The highest BCUT2D eigenvalue weighted by atomic mass is 15.3. The maximum atomic E-state index is 4.17. The van der Waals surface area contributed by atoms with Crippen LogP contribution >= 0.6 is 0 Å². The summed E-state index contributed by atoms with van der Waals surface area (Å²) in [4.78, 5) is 2.33. The molecule has 0 fully saturated rings. The molecule has 1 atom stereocenters. The highest BCUT2D eigenvalue weighted by Gasteiger charge is 2.16. The van der Waals surface area contributed by atoms with E-state index in [9.17, 15) is 0 Å². The van der Waals surface area contributed by atoms with Crippen molar-refractivity contribution in [3.8, 4) is 0 Å². The molecule has 0 radical (unpaired) electrons. The fourth-order valence-electron chi connectivity index (χ4n) is 1.45. The predicted octanol–water partition coefficient (Wildman–Crippen LogP) is 1.82. The number of hydrogen-bond acceptors (Lipinski definition) is 2. The molecule has 0 amide bonds. The first-order valence-corrected chi connectivity index (χ1v) is 4.74. The van der Waals surface area contributed by atoms with Crippen LogP contribution in [0.5, 0.6) is 0 Å². The molecule has 1 heterocycles. The maximum Gasteiger partial charge on any atom is 0.0549 e. The summed E-state index contributed by atoms with van der Waals surface area (Å²) < 4.78 is 1.93. The average molecular weight is 181 g/mol. The van der Waals surface area contributed by atoms with E-state index in [1.807, 2.05) is 17.9 Å². The van der Waals surface area contributed by atoms with Crippen molar-refractivity contribution in [1.29, 1.82) is 0 Å². The van der Waals surface area contributed by atoms with Gasteiger partial charge in [0.15, 0.2) is 0 Å². The van der Waals surface area contributed by atoms with E-state index in [0.29, 0.717) is 12.1 Å². The topological polar surface area (TPSA) is 21.1 Å². The average Bonchev–Trinajstić information content (AvgIpc) is 2.48. The first-order chi connectivity index (χ1) is 6.04. The Morgan fingerprint density at radius 3 is 2.38 bits per heavy atom. The third kappa shape index (κ3) is 2.10. The van der Waals surface area contributed by atoms with Gasteiger partial charge in [-0.15, -0.1) is 0 Å². The van der Waals surface area contributed by atoms with E-state index < -0.39 is 0 Å². The Morgan fingerprint density at radius 2 is 2.00 bits per heavy atom. The van der Waals surface area contributed by atoms with Crippen molar-refractivity contribution in [2.24, 2.45) is 7.05 Å². The number of aromatic nitrogens is 2. The molecule has 1 unspecified atom stereocenters. The molecule has 1 aromatic rings. The van der Waals surface area contributed by atoms with Crippen LogP contribution in [0.2, 0.25) is 0 Å². The summed E-state index contributed by atoms with van der Waals surface area (Å²) in [6.45, 7) is 6.61. The van der Waals surface area contributed by atoms with Gasteiger partial charge in [0.05, 0.1) is 5.69 Å². The lowest BCUT2D eigenvalue weighted by molar-refractivity contribution is 0.202. The van der Waals surface area contributed by atoms with E-state index in [1.54, 1.807) is 0 Å². The van der Waals surface area contributed by atoms with Crippen LogP contribution in [0.4, 0.5) is 0 Å². The van der Waals surface area contributed by atoms with Crippen LogP contribution in [0.3, 0.4) is 0 Å². The number of aryl methyl sites for hydroxylation is 1. The van der Waals surface area contributed by atoms with Crippen molar-refractivity contribution < 1.29 is 0 Å².